The number of fused-ring (bicyclic) bond motifs is 1. The second-order valence-electron chi connectivity index (χ2n) is 8.45. The maximum atomic E-state index is 13.0. The summed E-state index contributed by atoms with van der Waals surface area (Å²) in [5, 5.41) is 4.79. The number of carbonyl (C=O) groups is 1. The average molecular weight is 429 g/mol. The number of aryl methyl sites for hydroxylation is 2. The monoisotopic (exact) mass is 428 g/mol. The van der Waals surface area contributed by atoms with E-state index in [0.717, 1.165) is 59.7 Å². The fourth-order valence-electron chi connectivity index (χ4n) is 4.53. The molecule has 0 bridgehead atoms. The number of carbonyl (C=O) groups excluding carboxylic acids is 1. The van der Waals surface area contributed by atoms with Gasteiger partial charge in [-0.2, -0.15) is 5.10 Å². The van der Waals surface area contributed by atoms with E-state index >= 15 is 0 Å². The molecule has 0 aliphatic carbocycles. The second kappa shape index (κ2) is 8.24. The largest absolute Gasteiger partial charge is 0.337 e. The predicted molar refractivity (Wildman–Crippen MR) is 126 cm³/mol. The van der Waals surface area contributed by atoms with Crippen LogP contribution >= 0.6 is 0 Å². The van der Waals surface area contributed by atoms with Gasteiger partial charge in [0.1, 0.15) is 5.69 Å². The number of hydrogen-bond donors (Lipinski definition) is 1. The number of nitrogens with two attached hydrogens (primary N) is 1. The fraction of sp³-hybridized carbons (Fsp3) is 0.320. The van der Waals surface area contributed by atoms with Crippen LogP contribution in [0.25, 0.3) is 33.8 Å². The Morgan fingerprint density at radius 3 is 2.72 bits per heavy atom. The standard InChI is InChI=1S/C25H28N6O/c1-3-31-23(15-20(28-31)17-8-5-4-6-9-17)24-27-21-14-18(11-12-22(21)29(24)2)25(32)30-13-7-10-19(26)16-30/h4-6,8-9,11-12,14-15,19H,3,7,10,13,16,26H2,1-2H3/t19-/m1/s1. The van der Waals surface area contributed by atoms with Crippen molar-refractivity contribution in [2.45, 2.75) is 32.4 Å². The van der Waals surface area contributed by atoms with E-state index in [-0.39, 0.29) is 11.9 Å². The van der Waals surface area contributed by atoms with Gasteiger partial charge in [-0.15, -0.1) is 0 Å². The Hall–Kier alpha value is -3.45. The summed E-state index contributed by atoms with van der Waals surface area (Å²) in [6.07, 6.45) is 1.93. The summed E-state index contributed by atoms with van der Waals surface area (Å²) < 4.78 is 4.04. The number of rotatable bonds is 4. The molecule has 32 heavy (non-hydrogen) atoms. The third-order valence-electron chi connectivity index (χ3n) is 6.25. The van der Waals surface area contributed by atoms with Gasteiger partial charge < -0.3 is 15.2 Å². The van der Waals surface area contributed by atoms with Crippen LogP contribution < -0.4 is 5.73 Å². The number of amides is 1. The van der Waals surface area contributed by atoms with Crippen LogP contribution in [-0.2, 0) is 13.6 Å². The summed E-state index contributed by atoms with van der Waals surface area (Å²) in [7, 11) is 2.00. The molecule has 7 nitrogen and oxygen atoms in total. The van der Waals surface area contributed by atoms with Crippen molar-refractivity contribution >= 4 is 16.9 Å². The van der Waals surface area contributed by atoms with E-state index in [1.165, 1.54) is 0 Å². The molecule has 7 heteroatoms. The summed E-state index contributed by atoms with van der Waals surface area (Å²) in [6.45, 7) is 4.19. The highest BCUT2D eigenvalue weighted by atomic mass is 16.2. The van der Waals surface area contributed by atoms with Gasteiger partial charge in [0.15, 0.2) is 5.82 Å². The normalized spacial score (nSPS) is 16.6. The molecule has 0 radical (unpaired) electrons. The highest BCUT2D eigenvalue weighted by Gasteiger charge is 2.23. The SMILES string of the molecule is CCn1nc(-c2ccccc2)cc1-c1nc2cc(C(=O)N3CCC[C@@H](N)C3)ccc2n1C. The van der Waals surface area contributed by atoms with Crippen molar-refractivity contribution in [1.29, 1.82) is 0 Å². The lowest BCUT2D eigenvalue weighted by Crippen LogP contribution is -2.45. The smallest absolute Gasteiger partial charge is 0.253 e. The van der Waals surface area contributed by atoms with Crippen molar-refractivity contribution in [2.24, 2.45) is 12.8 Å². The van der Waals surface area contributed by atoms with E-state index in [1.54, 1.807) is 0 Å². The number of likely N-dealkylation sites (tertiary alicyclic amines) is 1. The van der Waals surface area contributed by atoms with Crippen molar-refractivity contribution in [2.75, 3.05) is 13.1 Å². The first-order valence-corrected chi connectivity index (χ1v) is 11.2. The molecule has 2 N–H and O–H groups in total. The zero-order chi connectivity index (χ0) is 22.2. The molecule has 0 unspecified atom stereocenters. The van der Waals surface area contributed by atoms with E-state index in [9.17, 15) is 4.79 Å². The molecule has 2 aromatic heterocycles. The van der Waals surface area contributed by atoms with Crippen LogP contribution in [0.15, 0.2) is 54.6 Å². The van der Waals surface area contributed by atoms with Gasteiger partial charge in [-0.25, -0.2) is 4.98 Å². The summed E-state index contributed by atoms with van der Waals surface area (Å²) in [5.74, 6) is 0.861. The van der Waals surface area contributed by atoms with Crippen molar-refractivity contribution < 1.29 is 4.79 Å². The first-order valence-electron chi connectivity index (χ1n) is 11.2. The van der Waals surface area contributed by atoms with Gasteiger partial charge in [0.05, 0.1) is 16.7 Å². The lowest BCUT2D eigenvalue weighted by molar-refractivity contribution is 0.0709. The molecular formula is C25H28N6O. The van der Waals surface area contributed by atoms with Crippen LogP contribution in [0.3, 0.4) is 0 Å². The highest BCUT2D eigenvalue weighted by molar-refractivity contribution is 5.98. The van der Waals surface area contributed by atoms with Crippen LogP contribution in [0.1, 0.15) is 30.1 Å². The molecule has 1 atom stereocenters. The molecule has 1 aliphatic rings. The molecule has 0 spiro atoms. The lowest BCUT2D eigenvalue weighted by atomic mass is 10.1. The topological polar surface area (TPSA) is 82.0 Å². The van der Waals surface area contributed by atoms with Gasteiger partial charge in [0.2, 0.25) is 0 Å². The third kappa shape index (κ3) is 3.58. The van der Waals surface area contributed by atoms with E-state index < -0.39 is 0 Å². The van der Waals surface area contributed by atoms with Crippen LogP contribution in [0, 0.1) is 0 Å². The van der Waals surface area contributed by atoms with Crippen molar-refractivity contribution in [3.8, 4) is 22.8 Å². The van der Waals surface area contributed by atoms with Crippen molar-refractivity contribution in [3.63, 3.8) is 0 Å². The molecule has 0 saturated carbocycles. The Morgan fingerprint density at radius 2 is 1.97 bits per heavy atom. The maximum absolute atomic E-state index is 13.0. The lowest BCUT2D eigenvalue weighted by Gasteiger charge is -2.30. The maximum Gasteiger partial charge on any atom is 0.253 e. The summed E-state index contributed by atoms with van der Waals surface area (Å²) >= 11 is 0. The van der Waals surface area contributed by atoms with E-state index in [1.807, 2.05) is 53.0 Å². The van der Waals surface area contributed by atoms with Gasteiger partial charge in [-0.1, -0.05) is 30.3 Å². The van der Waals surface area contributed by atoms with Crippen LogP contribution in [0.4, 0.5) is 0 Å². The molecule has 3 heterocycles. The average Bonchev–Trinajstić information content (AvgIpc) is 3.40. The molecule has 1 amide bonds. The van der Waals surface area contributed by atoms with Gasteiger partial charge in [0, 0.05) is 43.9 Å². The molecule has 2 aromatic carbocycles. The van der Waals surface area contributed by atoms with Gasteiger partial charge in [-0.3, -0.25) is 9.48 Å². The second-order valence-corrected chi connectivity index (χ2v) is 8.45. The Labute approximate surface area is 187 Å². The van der Waals surface area contributed by atoms with E-state index in [2.05, 4.69) is 29.7 Å². The van der Waals surface area contributed by atoms with Crippen molar-refractivity contribution in [1.82, 2.24) is 24.2 Å². The number of benzene rings is 2. The minimum absolute atomic E-state index is 0.0271. The van der Waals surface area contributed by atoms with Crippen LogP contribution in [-0.4, -0.2) is 49.3 Å². The zero-order valence-corrected chi connectivity index (χ0v) is 18.5. The van der Waals surface area contributed by atoms with Gasteiger partial charge in [0.25, 0.3) is 5.91 Å². The van der Waals surface area contributed by atoms with Crippen LogP contribution in [0.5, 0.6) is 0 Å². The first kappa shape index (κ1) is 20.5. The minimum atomic E-state index is 0.0271. The Morgan fingerprint density at radius 1 is 1.16 bits per heavy atom. The summed E-state index contributed by atoms with van der Waals surface area (Å²) in [5.41, 5.74) is 11.5. The van der Waals surface area contributed by atoms with Crippen molar-refractivity contribution in [3.05, 3.63) is 60.2 Å². The number of nitrogens with zero attached hydrogens (tertiary/aromatic N) is 5. The number of piperidine rings is 1. The fourth-order valence-corrected chi connectivity index (χ4v) is 4.53. The quantitative estimate of drug-likeness (QED) is 0.537. The first-order chi connectivity index (χ1) is 15.5. The number of imidazole rings is 1. The molecule has 1 fully saturated rings. The van der Waals surface area contributed by atoms with Gasteiger partial charge in [-0.05, 0) is 44.0 Å². The van der Waals surface area contributed by atoms with E-state index in [0.29, 0.717) is 12.1 Å². The number of aromatic nitrogens is 4. The third-order valence-corrected chi connectivity index (χ3v) is 6.25. The minimum Gasteiger partial charge on any atom is -0.337 e. The Balaban J connectivity index is 1.53. The molecule has 4 aromatic rings. The zero-order valence-electron chi connectivity index (χ0n) is 18.5. The van der Waals surface area contributed by atoms with Gasteiger partial charge >= 0.3 is 0 Å². The Bertz CT molecular complexity index is 1270. The molecule has 1 saturated heterocycles. The van der Waals surface area contributed by atoms with Crippen LogP contribution in [0.2, 0.25) is 0 Å². The van der Waals surface area contributed by atoms with E-state index in [4.69, 9.17) is 15.8 Å². The predicted octanol–water partition coefficient (Wildman–Crippen LogP) is 3.69. The Kier molecular flexibility index (Phi) is 5.27. The molecule has 5 rings (SSSR count). The number of hydrogen-bond acceptors (Lipinski definition) is 4. The molecular weight excluding hydrogens is 400 g/mol. The molecule has 164 valence electrons. The highest BCUT2D eigenvalue weighted by Crippen LogP contribution is 2.29. The molecule has 1 aliphatic heterocycles. The summed E-state index contributed by atoms with van der Waals surface area (Å²) in [4.78, 5) is 19.8. The summed E-state index contributed by atoms with van der Waals surface area (Å²) in [6, 6.07) is 18.1.